The highest BCUT2D eigenvalue weighted by Gasteiger charge is 2.16. The number of hydrazone groups is 1. The number of anilines is 1. The van der Waals surface area contributed by atoms with Crippen molar-refractivity contribution in [2.24, 2.45) is 5.10 Å². The number of rotatable bonds is 0. The molecule has 0 aromatic heterocycles. The minimum absolute atomic E-state index is 0.545. The van der Waals surface area contributed by atoms with E-state index < -0.39 is 0 Å². The van der Waals surface area contributed by atoms with Crippen LogP contribution in [0.3, 0.4) is 0 Å². The summed E-state index contributed by atoms with van der Waals surface area (Å²) in [4.78, 5) is 0. The van der Waals surface area contributed by atoms with Crippen molar-refractivity contribution in [1.29, 1.82) is 0 Å². The molecule has 0 fully saturated rings. The van der Waals surface area contributed by atoms with E-state index in [1.165, 1.54) is 0 Å². The summed E-state index contributed by atoms with van der Waals surface area (Å²) < 4.78 is 0. The van der Waals surface area contributed by atoms with E-state index in [0.717, 1.165) is 22.4 Å². The zero-order valence-corrected chi connectivity index (χ0v) is 10.3. The normalized spacial score (nSPS) is 12.4. The van der Waals surface area contributed by atoms with Crippen LogP contribution in [0.4, 0.5) is 5.69 Å². The third-order valence-electron chi connectivity index (χ3n) is 2.71. The van der Waals surface area contributed by atoms with Crippen LogP contribution < -0.4 is 5.43 Å². The van der Waals surface area contributed by atoms with Crippen molar-refractivity contribution in [3.63, 3.8) is 0 Å². The molecule has 1 aliphatic rings. The largest absolute Gasteiger partial charge is 0.278 e. The van der Waals surface area contributed by atoms with Gasteiger partial charge in [0.25, 0.3) is 0 Å². The Morgan fingerprint density at radius 2 is 1.82 bits per heavy atom. The molecule has 0 bridgehead atoms. The summed E-state index contributed by atoms with van der Waals surface area (Å²) in [6, 6.07) is 11.6. The van der Waals surface area contributed by atoms with E-state index in [1.54, 1.807) is 12.3 Å². The van der Waals surface area contributed by atoms with Gasteiger partial charge in [-0.05, 0) is 17.7 Å². The van der Waals surface area contributed by atoms with E-state index >= 15 is 0 Å². The molecule has 0 unspecified atom stereocenters. The van der Waals surface area contributed by atoms with Crippen molar-refractivity contribution in [2.45, 2.75) is 0 Å². The molecule has 0 radical (unpaired) electrons. The van der Waals surface area contributed by atoms with Gasteiger partial charge in [-0.15, -0.1) is 0 Å². The summed E-state index contributed by atoms with van der Waals surface area (Å²) in [7, 11) is 0. The molecule has 3 rings (SSSR count). The van der Waals surface area contributed by atoms with Gasteiger partial charge in [0.1, 0.15) is 0 Å². The van der Waals surface area contributed by atoms with Crippen LogP contribution in [0.2, 0.25) is 10.0 Å². The summed E-state index contributed by atoms with van der Waals surface area (Å²) in [6.45, 7) is 0. The van der Waals surface area contributed by atoms with Crippen molar-refractivity contribution in [3.05, 3.63) is 52.0 Å². The highest BCUT2D eigenvalue weighted by molar-refractivity contribution is 6.44. The smallest absolute Gasteiger partial charge is 0.0692 e. The maximum absolute atomic E-state index is 6.28. The second kappa shape index (κ2) is 4.06. The summed E-state index contributed by atoms with van der Waals surface area (Å²) in [5, 5.41) is 5.24. The molecule has 1 heterocycles. The lowest BCUT2D eigenvalue weighted by atomic mass is 9.99. The maximum Gasteiger partial charge on any atom is 0.0692 e. The Kier molecular flexibility index (Phi) is 2.54. The van der Waals surface area contributed by atoms with Gasteiger partial charge in [0.2, 0.25) is 0 Å². The van der Waals surface area contributed by atoms with Gasteiger partial charge in [-0.25, -0.2) is 0 Å². The van der Waals surface area contributed by atoms with Crippen LogP contribution in [-0.2, 0) is 0 Å². The Bertz CT molecular complexity index is 621. The fourth-order valence-electron chi connectivity index (χ4n) is 1.92. The van der Waals surface area contributed by atoms with E-state index in [9.17, 15) is 0 Å². The minimum Gasteiger partial charge on any atom is -0.278 e. The van der Waals surface area contributed by atoms with Crippen molar-refractivity contribution in [3.8, 4) is 11.1 Å². The summed E-state index contributed by atoms with van der Waals surface area (Å²) in [6.07, 6.45) is 1.78. The van der Waals surface area contributed by atoms with Crippen LogP contribution in [0.25, 0.3) is 11.1 Å². The van der Waals surface area contributed by atoms with Crippen molar-refractivity contribution < 1.29 is 0 Å². The second-order valence-corrected chi connectivity index (χ2v) is 4.53. The summed E-state index contributed by atoms with van der Waals surface area (Å²) in [5.41, 5.74) is 6.77. The van der Waals surface area contributed by atoms with Crippen LogP contribution in [0.5, 0.6) is 0 Å². The Morgan fingerprint density at radius 1 is 1.00 bits per heavy atom. The van der Waals surface area contributed by atoms with Crippen LogP contribution in [-0.4, -0.2) is 6.21 Å². The molecule has 1 N–H and O–H groups in total. The van der Waals surface area contributed by atoms with Gasteiger partial charge in [-0.2, -0.15) is 5.10 Å². The van der Waals surface area contributed by atoms with E-state index in [1.807, 2.05) is 30.3 Å². The monoisotopic (exact) mass is 262 g/mol. The first-order chi connectivity index (χ1) is 8.27. The molecule has 0 spiro atoms. The van der Waals surface area contributed by atoms with Crippen molar-refractivity contribution in [2.75, 3.05) is 5.43 Å². The number of fused-ring (bicyclic) bond motifs is 3. The van der Waals surface area contributed by atoms with Gasteiger partial charge in [0.15, 0.2) is 0 Å². The highest BCUT2D eigenvalue weighted by atomic mass is 35.5. The molecular weight excluding hydrogens is 255 g/mol. The molecule has 2 aromatic carbocycles. The molecule has 84 valence electrons. The molecule has 17 heavy (non-hydrogen) atoms. The lowest BCUT2D eigenvalue weighted by Gasteiger charge is -2.11. The molecule has 4 heteroatoms. The first kappa shape index (κ1) is 10.6. The van der Waals surface area contributed by atoms with Gasteiger partial charge in [0, 0.05) is 11.1 Å². The fraction of sp³-hybridized carbons (Fsp3) is 0. The van der Waals surface area contributed by atoms with E-state index in [0.29, 0.717) is 10.0 Å². The molecule has 0 saturated heterocycles. The number of hydrogen-bond acceptors (Lipinski definition) is 2. The Morgan fingerprint density at radius 3 is 2.71 bits per heavy atom. The lowest BCUT2D eigenvalue weighted by molar-refractivity contribution is 1.36. The fourth-order valence-corrected chi connectivity index (χ4v) is 2.34. The third kappa shape index (κ3) is 1.70. The predicted molar refractivity (Wildman–Crippen MR) is 73.1 cm³/mol. The minimum atomic E-state index is 0.545. The predicted octanol–water partition coefficient (Wildman–Crippen LogP) is 4.42. The van der Waals surface area contributed by atoms with E-state index in [-0.39, 0.29) is 0 Å². The van der Waals surface area contributed by atoms with Crippen LogP contribution in [0.15, 0.2) is 41.5 Å². The van der Waals surface area contributed by atoms with Crippen molar-refractivity contribution >= 4 is 35.1 Å². The lowest BCUT2D eigenvalue weighted by Crippen LogP contribution is -1.90. The molecule has 0 saturated carbocycles. The van der Waals surface area contributed by atoms with Crippen molar-refractivity contribution in [1.82, 2.24) is 0 Å². The van der Waals surface area contributed by atoms with Gasteiger partial charge >= 0.3 is 0 Å². The molecule has 0 amide bonds. The van der Waals surface area contributed by atoms with E-state index in [4.69, 9.17) is 23.2 Å². The van der Waals surface area contributed by atoms with Gasteiger partial charge in [-0.3, -0.25) is 5.43 Å². The number of hydrogen-bond donors (Lipinski definition) is 1. The number of benzene rings is 2. The molecule has 2 aromatic rings. The Balaban J connectivity index is 2.39. The first-order valence-corrected chi connectivity index (χ1v) is 5.89. The molecule has 0 atom stereocenters. The SMILES string of the molecule is Clc1ccc2c(c1Cl)-c1ccccc1C=NN2. The van der Waals surface area contributed by atoms with Gasteiger partial charge in [-0.1, -0.05) is 47.5 Å². The molecule has 0 aliphatic carbocycles. The van der Waals surface area contributed by atoms with Gasteiger partial charge < -0.3 is 0 Å². The standard InChI is InChI=1S/C13H8Cl2N2/c14-10-5-6-11-12(13(10)15)9-4-2-1-3-8(9)7-16-17-11/h1-7,17H. The Labute approximate surface area is 109 Å². The first-order valence-electron chi connectivity index (χ1n) is 5.14. The Hall–Kier alpha value is -1.51. The zero-order valence-electron chi connectivity index (χ0n) is 8.74. The third-order valence-corrected chi connectivity index (χ3v) is 3.52. The molecular formula is C13H8Cl2N2. The van der Waals surface area contributed by atoms with E-state index in [2.05, 4.69) is 10.5 Å². The van der Waals surface area contributed by atoms with Crippen LogP contribution in [0, 0.1) is 0 Å². The summed E-state index contributed by atoms with van der Waals surface area (Å²) in [5.74, 6) is 0. The number of halogens is 2. The average Bonchev–Trinajstić information content (AvgIpc) is 2.53. The quantitative estimate of drug-likeness (QED) is 0.747. The molecule has 2 nitrogen and oxygen atoms in total. The maximum atomic E-state index is 6.28. The second-order valence-electron chi connectivity index (χ2n) is 3.74. The number of nitrogens with one attached hydrogen (secondary N) is 1. The highest BCUT2D eigenvalue weighted by Crippen LogP contribution is 2.41. The van der Waals surface area contributed by atoms with Crippen LogP contribution >= 0.6 is 23.2 Å². The number of nitrogens with zero attached hydrogens (tertiary/aromatic N) is 1. The van der Waals surface area contributed by atoms with Gasteiger partial charge in [0.05, 0.1) is 21.9 Å². The average molecular weight is 263 g/mol. The zero-order chi connectivity index (χ0) is 11.8. The summed E-state index contributed by atoms with van der Waals surface area (Å²) >= 11 is 12.3. The molecule has 1 aliphatic heterocycles. The topological polar surface area (TPSA) is 24.4 Å². The van der Waals surface area contributed by atoms with Crippen LogP contribution in [0.1, 0.15) is 5.56 Å².